The van der Waals surface area contributed by atoms with Gasteiger partial charge in [0.25, 0.3) is 11.2 Å². The van der Waals surface area contributed by atoms with Crippen LogP contribution in [0.5, 0.6) is 0 Å². The summed E-state index contributed by atoms with van der Waals surface area (Å²) in [4.78, 5) is 43.1. The van der Waals surface area contributed by atoms with Crippen molar-refractivity contribution in [3.05, 3.63) is 117 Å². The zero-order valence-electron chi connectivity index (χ0n) is 22.7. The molecule has 0 spiro atoms. The van der Waals surface area contributed by atoms with Gasteiger partial charge in [-0.2, -0.15) is 0 Å². The van der Waals surface area contributed by atoms with Gasteiger partial charge in [0.2, 0.25) is 0 Å². The minimum Gasteiger partial charge on any atom is -0.463 e. The lowest BCUT2D eigenvalue weighted by Crippen LogP contribution is -2.39. The molecule has 1 aliphatic rings. The first-order valence-electron chi connectivity index (χ1n) is 12.9. The van der Waals surface area contributed by atoms with Crippen LogP contribution in [0.15, 0.2) is 84.5 Å². The third-order valence-electron chi connectivity index (χ3n) is 6.76. The molecule has 5 rings (SSSR count). The van der Waals surface area contributed by atoms with Crippen LogP contribution in [0.2, 0.25) is 0 Å². The quantitative estimate of drug-likeness (QED) is 0.143. The van der Waals surface area contributed by atoms with E-state index in [2.05, 4.69) is 34.8 Å². The van der Waals surface area contributed by atoms with Crippen molar-refractivity contribution in [3.8, 4) is 11.3 Å². The molecule has 0 fully saturated rings. The number of halogens is 1. The van der Waals surface area contributed by atoms with Crippen molar-refractivity contribution in [2.45, 2.75) is 39.7 Å². The normalized spacial score (nSPS) is 15.2. The fourth-order valence-electron chi connectivity index (χ4n) is 4.74. The van der Waals surface area contributed by atoms with Gasteiger partial charge in [0, 0.05) is 16.6 Å². The van der Waals surface area contributed by atoms with Crippen molar-refractivity contribution in [3.63, 3.8) is 0 Å². The second kappa shape index (κ2) is 11.4. The molecule has 0 amide bonds. The number of fused-ring (bicyclic) bond motifs is 1. The van der Waals surface area contributed by atoms with Gasteiger partial charge >= 0.3 is 5.97 Å². The van der Waals surface area contributed by atoms with Crippen molar-refractivity contribution in [1.29, 1.82) is 0 Å². The molecule has 3 heterocycles. The van der Waals surface area contributed by atoms with E-state index in [4.69, 9.17) is 9.15 Å². The summed E-state index contributed by atoms with van der Waals surface area (Å²) < 4.78 is 13.7. The molecule has 0 unspecified atom stereocenters. The number of aromatic nitrogens is 1. The summed E-state index contributed by atoms with van der Waals surface area (Å²) in [5.74, 6) is 0.450. The van der Waals surface area contributed by atoms with Gasteiger partial charge in [0.1, 0.15) is 11.5 Å². The number of furan rings is 1. The molecule has 1 aliphatic heterocycles. The Morgan fingerprint density at radius 3 is 2.61 bits per heavy atom. The van der Waals surface area contributed by atoms with Crippen LogP contribution in [-0.4, -0.2) is 22.1 Å². The number of hydrogen-bond acceptors (Lipinski definition) is 8. The van der Waals surface area contributed by atoms with Crippen LogP contribution in [0.4, 0.5) is 5.69 Å². The number of rotatable bonds is 7. The predicted octanol–water partition coefficient (Wildman–Crippen LogP) is 5.85. The first kappa shape index (κ1) is 28.4. The smallest absolute Gasteiger partial charge is 0.338 e. The molecule has 0 saturated carbocycles. The Morgan fingerprint density at radius 1 is 1.22 bits per heavy atom. The van der Waals surface area contributed by atoms with Gasteiger partial charge in [0.15, 0.2) is 4.80 Å². The molecule has 9 nitrogen and oxygen atoms in total. The van der Waals surface area contributed by atoms with Gasteiger partial charge < -0.3 is 9.15 Å². The molecule has 1 atom stereocenters. The fraction of sp³-hybridized carbons (Fsp3) is 0.233. The first-order chi connectivity index (χ1) is 19.6. The predicted molar refractivity (Wildman–Crippen MR) is 159 cm³/mol. The maximum Gasteiger partial charge on any atom is 0.338 e. The van der Waals surface area contributed by atoms with E-state index in [1.54, 1.807) is 44.2 Å². The molecule has 4 aromatic rings. The number of nitro benzene ring substituents is 1. The summed E-state index contributed by atoms with van der Waals surface area (Å²) in [6.45, 7) is 7.86. The molecular weight excluding hydrogens is 610 g/mol. The second-order valence-electron chi connectivity index (χ2n) is 9.74. The van der Waals surface area contributed by atoms with Crippen molar-refractivity contribution >= 4 is 45.0 Å². The number of thiazole rings is 1. The Hall–Kier alpha value is -4.09. The second-order valence-corrected chi connectivity index (χ2v) is 11.7. The molecule has 41 heavy (non-hydrogen) atoms. The average molecular weight is 637 g/mol. The van der Waals surface area contributed by atoms with E-state index in [0.29, 0.717) is 48.1 Å². The molecule has 11 heteroatoms. The zero-order valence-corrected chi connectivity index (χ0v) is 25.1. The maximum atomic E-state index is 13.8. The topological polar surface area (TPSA) is 117 Å². The lowest BCUT2D eigenvalue weighted by Gasteiger charge is -2.25. The molecule has 0 radical (unpaired) electrons. The monoisotopic (exact) mass is 635 g/mol. The van der Waals surface area contributed by atoms with E-state index in [9.17, 15) is 19.7 Å². The lowest BCUT2D eigenvalue weighted by molar-refractivity contribution is -0.384. The van der Waals surface area contributed by atoms with Crippen LogP contribution in [0.1, 0.15) is 56.5 Å². The Bertz CT molecular complexity index is 1880. The fourth-order valence-corrected chi connectivity index (χ4v) is 6.11. The van der Waals surface area contributed by atoms with Crippen molar-refractivity contribution in [2.75, 3.05) is 6.61 Å². The van der Waals surface area contributed by atoms with E-state index < -0.39 is 16.9 Å². The summed E-state index contributed by atoms with van der Waals surface area (Å²) in [6.07, 6.45) is 1.58. The third kappa shape index (κ3) is 5.47. The molecule has 210 valence electrons. The minimum absolute atomic E-state index is 0.106. The summed E-state index contributed by atoms with van der Waals surface area (Å²) in [5.41, 5.74) is 2.57. The molecule has 2 aromatic heterocycles. The summed E-state index contributed by atoms with van der Waals surface area (Å²) >= 11 is 4.44. The Kier molecular flexibility index (Phi) is 7.92. The highest BCUT2D eigenvalue weighted by Gasteiger charge is 2.33. The number of esters is 1. The highest BCUT2D eigenvalue weighted by atomic mass is 79.9. The number of benzene rings is 2. The zero-order chi connectivity index (χ0) is 29.4. The molecule has 0 aliphatic carbocycles. The number of nitrogens with zero attached hydrogens (tertiary/aromatic N) is 3. The molecule has 0 bridgehead atoms. The van der Waals surface area contributed by atoms with E-state index in [1.165, 1.54) is 22.0 Å². The van der Waals surface area contributed by atoms with Gasteiger partial charge in [-0.15, -0.1) is 0 Å². The van der Waals surface area contributed by atoms with E-state index >= 15 is 0 Å². The number of hydrogen-bond donors (Lipinski definition) is 0. The summed E-state index contributed by atoms with van der Waals surface area (Å²) in [7, 11) is 0. The van der Waals surface area contributed by atoms with E-state index in [0.717, 1.165) is 11.1 Å². The van der Waals surface area contributed by atoms with E-state index in [1.807, 2.05) is 24.3 Å². The lowest BCUT2D eigenvalue weighted by atomic mass is 9.93. The Morgan fingerprint density at radius 2 is 1.95 bits per heavy atom. The van der Waals surface area contributed by atoms with Crippen LogP contribution in [0.3, 0.4) is 0 Å². The number of ether oxygens (including phenoxy) is 1. The molecule has 0 saturated heterocycles. The third-order valence-corrected chi connectivity index (χ3v) is 8.23. The standard InChI is InChI=1S/C30H26BrN3O6S/c1-5-39-29(36)26-17(4)32-30-33(27(26)19-8-6-18(7-9-19)16(2)3)28(35)25(41-30)15-21-11-13-24(40-21)22-12-10-20(31)14-23(22)34(37)38/h6-16,27H,5H2,1-4H3/b25-15-/t27-/m1/s1. The van der Waals surface area contributed by atoms with Crippen LogP contribution in [-0.2, 0) is 9.53 Å². The maximum absolute atomic E-state index is 13.8. The van der Waals surface area contributed by atoms with Gasteiger partial charge in [-0.25, -0.2) is 9.79 Å². The SMILES string of the molecule is CCOC(=O)C1=C(C)N=c2s/c(=C\c3ccc(-c4ccc(Br)cc4[N+](=O)[O-])o3)c(=O)n2[C@@H]1c1ccc(C(C)C)cc1. The summed E-state index contributed by atoms with van der Waals surface area (Å²) in [6, 6.07) is 15.1. The van der Waals surface area contributed by atoms with Gasteiger partial charge in [-0.3, -0.25) is 19.5 Å². The summed E-state index contributed by atoms with van der Waals surface area (Å²) in [5, 5.41) is 11.6. The number of nitro groups is 1. The van der Waals surface area contributed by atoms with Gasteiger partial charge in [-0.1, -0.05) is 65.4 Å². The van der Waals surface area contributed by atoms with Crippen molar-refractivity contribution in [2.24, 2.45) is 4.99 Å². The van der Waals surface area contributed by atoms with Crippen LogP contribution in [0, 0.1) is 10.1 Å². The van der Waals surface area contributed by atoms with E-state index in [-0.39, 0.29) is 17.9 Å². The average Bonchev–Trinajstić information content (AvgIpc) is 3.52. The highest BCUT2D eigenvalue weighted by molar-refractivity contribution is 9.10. The number of carbonyl (C=O) groups excluding carboxylic acids is 1. The van der Waals surface area contributed by atoms with Crippen molar-refractivity contribution in [1.82, 2.24) is 4.57 Å². The van der Waals surface area contributed by atoms with Gasteiger partial charge in [0.05, 0.1) is 38.9 Å². The minimum atomic E-state index is -0.716. The largest absolute Gasteiger partial charge is 0.463 e. The van der Waals surface area contributed by atoms with Crippen LogP contribution in [0.25, 0.3) is 17.4 Å². The molecule has 0 N–H and O–H groups in total. The molecular formula is C30H26BrN3O6S. The van der Waals surface area contributed by atoms with Gasteiger partial charge in [-0.05, 0) is 55.2 Å². The first-order valence-corrected chi connectivity index (χ1v) is 14.5. The Labute approximate surface area is 247 Å². The Balaban J connectivity index is 1.63. The molecule has 2 aromatic carbocycles. The van der Waals surface area contributed by atoms with Crippen LogP contribution >= 0.6 is 27.3 Å². The number of allylic oxidation sites excluding steroid dienone is 1. The number of carbonyl (C=O) groups is 1. The van der Waals surface area contributed by atoms with Crippen LogP contribution < -0.4 is 14.9 Å². The highest BCUT2D eigenvalue weighted by Crippen LogP contribution is 2.34. The van der Waals surface area contributed by atoms with Crippen molar-refractivity contribution < 1.29 is 18.9 Å².